The van der Waals surface area contributed by atoms with Crippen molar-refractivity contribution in [2.45, 2.75) is 0 Å². The number of rotatable bonds is 7. The van der Waals surface area contributed by atoms with E-state index in [0.717, 1.165) is 46.7 Å². The van der Waals surface area contributed by atoms with Crippen molar-refractivity contribution in [3.8, 4) is 17.1 Å². The second kappa shape index (κ2) is 10.5. The molecule has 0 aliphatic carbocycles. The highest BCUT2D eigenvalue weighted by molar-refractivity contribution is 8.76. The van der Waals surface area contributed by atoms with Gasteiger partial charge in [0, 0.05) is 36.3 Å². The SMILES string of the molecule is CSSCCNC(=O)Oc1cccc(-c2nc(N3CCOCC3)c3oc4ccccc4c3n2)c1. The van der Waals surface area contributed by atoms with Crippen LogP contribution in [0.2, 0.25) is 0 Å². The van der Waals surface area contributed by atoms with E-state index < -0.39 is 6.09 Å². The highest BCUT2D eigenvalue weighted by Gasteiger charge is 2.22. The van der Waals surface area contributed by atoms with Gasteiger partial charge in [-0.05, 0) is 30.5 Å². The van der Waals surface area contributed by atoms with E-state index in [4.69, 9.17) is 23.9 Å². The molecule has 1 fully saturated rings. The molecule has 2 aromatic carbocycles. The number of carbonyl (C=O) groups excluding carboxylic acids is 1. The van der Waals surface area contributed by atoms with Crippen LogP contribution >= 0.6 is 21.6 Å². The number of hydrogen-bond acceptors (Lipinski definition) is 9. The lowest BCUT2D eigenvalue weighted by molar-refractivity contribution is 0.122. The number of aromatic nitrogens is 2. The molecular weight excluding hydrogens is 472 g/mol. The van der Waals surface area contributed by atoms with Crippen molar-refractivity contribution in [2.75, 3.05) is 49.8 Å². The summed E-state index contributed by atoms with van der Waals surface area (Å²) < 4.78 is 17.2. The second-order valence-corrected chi connectivity index (χ2v) is 10.3. The van der Waals surface area contributed by atoms with Crippen molar-refractivity contribution in [1.29, 1.82) is 0 Å². The summed E-state index contributed by atoms with van der Waals surface area (Å²) in [5.41, 5.74) is 2.95. The number of carbonyl (C=O) groups is 1. The average Bonchev–Trinajstić information content (AvgIpc) is 3.25. The summed E-state index contributed by atoms with van der Waals surface area (Å²) >= 11 is 0. The number of ether oxygens (including phenoxy) is 2. The number of amides is 1. The molecule has 1 N–H and O–H groups in total. The Hall–Kier alpha value is -2.95. The van der Waals surface area contributed by atoms with E-state index in [1.165, 1.54) is 0 Å². The van der Waals surface area contributed by atoms with E-state index in [1.807, 2.05) is 42.7 Å². The predicted octanol–water partition coefficient (Wildman–Crippen LogP) is 4.98. The molecule has 0 radical (unpaired) electrons. The van der Waals surface area contributed by atoms with Gasteiger partial charge in [0.1, 0.15) is 16.8 Å². The second-order valence-electron chi connectivity index (χ2n) is 7.58. The minimum atomic E-state index is -0.481. The highest BCUT2D eigenvalue weighted by atomic mass is 33.1. The zero-order chi connectivity index (χ0) is 23.3. The van der Waals surface area contributed by atoms with Crippen LogP contribution in [0, 0.1) is 0 Å². The number of morpholine rings is 1. The Morgan fingerprint density at radius 1 is 1.15 bits per heavy atom. The summed E-state index contributed by atoms with van der Waals surface area (Å²) in [6.45, 7) is 3.26. The van der Waals surface area contributed by atoms with Gasteiger partial charge >= 0.3 is 6.09 Å². The van der Waals surface area contributed by atoms with Gasteiger partial charge < -0.3 is 24.1 Å². The maximum absolute atomic E-state index is 12.2. The molecule has 176 valence electrons. The quantitative estimate of drug-likeness (QED) is 0.281. The standard InChI is InChI=1S/C24H24N4O4S2/c1-33-34-14-9-25-24(29)31-17-6-4-5-16(15-17)22-26-20-18-7-2-3-8-19(18)32-21(20)23(27-22)28-10-12-30-13-11-28/h2-8,15H,9-14H2,1H3,(H,25,29). The molecule has 1 amide bonds. The van der Waals surface area contributed by atoms with E-state index in [1.54, 1.807) is 33.7 Å². The predicted molar refractivity (Wildman–Crippen MR) is 138 cm³/mol. The third-order valence-corrected chi connectivity index (χ3v) is 7.20. The Morgan fingerprint density at radius 2 is 2.00 bits per heavy atom. The molecule has 4 aromatic rings. The normalized spacial score (nSPS) is 14.0. The number of hydrogen-bond donors (Lipinski definition) is 1. The smallest absolute Gasteiger partial charge is 0.412 e. The van der Waals surface area contributed by atoms with Gasteiger partial charge in [-0.25, -0.2) is 14.8 Å². The van der Waals surface area contributed by atoms with Crippen molar-refractivity contribution in [2.24, 2.45) is 0 Å². The van der Waals surface area contributed by atoms with Crippen LogP contribution in [0.25, 0.3) is 33.5 Å². The van der Waals surface area contributed by atoms with Gasteiger partial charge in [0.2, 0.25) is 0 Å². The van der Waals surface area contributed by atoms with Crippen LogP contribution in [0.3, 0.4) is 0 Å². The summed E-state index contributed by atoms with van der Waals surface area (Å²) in [5, 5.41) is 3.70. The van der Waals surface area contributed by atoms with Gasteiger partial charge in [0.05, 0.1) is 13.2 Å². The summed E-state index contributed by atoms with van der Waals surface area (Å²) in [6.07, 6.45) is 1.52. The topological polar surface area (TPSA) is 89.7 Å². The van der Waals surface area contributed by atoms with Gasteiger partial charge in [-0.3, -0.25) is 0 Å². The fourth-order valence-corrected chi connectivity index (χ4v) is 4.92. The number of nitrogens with zero attached hydrogens (tertiary/aromatic N) is 3. The summed E-state index contributed by atoms with van der Waals surface area (Å²) in [6, 6.07) is 15.1. The van der Waals surface area contributed by atoms with Gasteiger partial charge in [0.15, 0.2) is 17.2 Å². The maximum Gasteiger partial charge on any atom is 0.412 e. The van der Waals surface area contributed by atoms with E-state index in [2.05, 4.69) is 10.2 Å². The van der Waals surface area contributed by atoms with Crippen molar-refractivity contribution in [1.82, 2.24) is 15.3 Å². The van der Waals surface area contributed by atoms with Crippen LogP contribution in [0.1, 0.15) is 0 Å². The molecule has 1 aliphatic rings. The summed E-state index contributed by atoms with van der Waals surface area (Å²) in [7, 11) is 3.35. The van der Waals surface area contributed by atoms with E-state index in [0.29, 0.717) is 36.9 Å². The Kier molecular flexibility index (Phi) is 7.08. The minimum absolute atomic E-state index is 0.432. The molecule has 10 heteroatoms. The number of fused-ring (bicyclic) bond motifs is 3. The first-order valence-corrected chi connectivity index (χ1v) is 13.7. The lowest BCUT2D eigenvalue weighted by Crippen LogP contribution is -2.37. The first kappa shape index (κ1) is 22.8. The van der Waals surface area contributed by atoms with Crippen molar-refractivity contribution >= 4 is 55.6 Å². The molecule has 5 rings (SSSR count). The third-order valence-electron chi connectivity index (χ3n) is 5.39. The lowest BCUT2D eigenvalue weighted by Gasteiger charge is -2.27. The van der Waals surface area contributed by atoms with Crippen LogP contribution in [0.15, 0.2) is 52.9 Å². The molecule has 1 saturated heterocycles. The number of anilines is 1. The fraction of sp³-hybridized carbons (Fsp3) is 0.292. The summed E-state index contributed by atoms with van der Waals surface area (Å²) in [4.78, 5) is 24.1. The maximum atomic E-state index is 12.2. The molecule has 34 heavy (non-hydrogen) atoms. The van der Waals surface area contributed by atoms with Crippen LogP contribution in [0.5, 0.6) is 5.75 Å². The van der Waals surface area contributed by atoms with Crippen molar-refractivity contribution < 1.29 is 18.7 Å². The molecule has 0 unspecified atom stereocenters. The van der Waals surface area contributed by atoms with Crippen LogP contribution in [0.4, 0.5) is 10.6 Å². The first-order valence-electron chi connectivity index (χ1n) is 11.0. The monoisotopic (exact) mass is 496 g/mol. The zero-order valence-corrected chi connectivity index (χ0v) is 20.3. The summed E-state index contributed by atoms with van der Waals surface area (Å²) in [5.74, 6) is 2.53. The van der Waals surface area contributed by atoms with E-state index in [-0.39, 0.29) is 0 Å². The molecule has 1 aliphatic heterocycles. The largest absolute Gasteiger partial charge is 0.450 e. The van der Waals surface area contributed by atoms with Gasteiger partial charge in [0.25, 0.3) is 0 Å². The Balaban J connectivity index is 1.49. The number of para-hydroxylation sites is 1. The van der Waals surface area contributed by atoms with Crippen LogP contribution < -0.4 is 15.0 Å². The first-order chi connectivity index (χ1) is 16.7. The van der Waals surface area contributed by atoms with Gasteiger partial charge in [-0.15, -0.1) is 0 Å². The molecule has 0 spiro atoms. The third kappa shape index (κ3) is 4.94. The van der Waals surface area contributed by atoms with Gasteiger partial charge in [-0.2, -0.15) is 0 Å². The van der Waals surface area contributed by atoms with Crippen molar-refractivity contribution in [3.05, 3.63) is 48.5 Å². The van der Waals surface area contributed by atoms with Gasteiger partial charge in [-0.1, -0.05) is 45.9 Å². The lowest BCUT2D eigenvalue weighted by atomic mass is 10.2. The average molecular weight is 497 g/mol. The zero-order valence-electron chi connectivity index (χ0n) is 18.7. The highest BCUT2D eigenvalue weighted by Crippen LogP contribution is 2.35. The minimum Gasteiger partial charge on any atom is -0.450 e. The van der Waals surface area contributed by atoms with Crippen molar-refractivity contribution in [3.63, 3.8) is 0 Å². The number of furan rings is 1. The number of benzene rings is 2. The molecule has 0 atom stereocenters. The number of nitrogens with one attached hydrogen (secondary N) is 1. The molecule has 8 nitrogen and oxygen atoms in total. The van der Waals surface area contributed by atoms with E-state index in [9.17, 15) is 4.79 Å². The Morgan fingerprint density at radius 3 is 2.85 bits per heavy atom. The molecule has 3 heterocycles. The molecular formula is C24H24N4O4S2. The Bertz CT molecular complexity index is 1310. The van der Waals surface area contributed by atoms with Crippen LogP contribution in [-0.4, -0.2) is 60.9 Å². The molecule has 2 aromatic heterocycles. The molecule has 0 saturated carbocycles. The Labute approximate surface area is 204 Å². The molecule has 0 bridgehead atoms. The van der Waals surface area contributed by atoms with E-state index >= 15 is 0 Å². The van der Waals surface area contributed by atoms with Crippen LogP contribution in [-0.2, 0) is 4.74 Å². The fourth-order valence-electron chi connectivity index (χ4n) is 3.81.